The number of primary amides is 1. The second kappa shape index (κ2) is 8.22. The number of pyridine rings is 1. The molecule has 2 saturated heterocycles. The number of rotatable bonds is 4. The molecule has 0 aromatic carbocycles. The summed E-state index contributed by atoms with van der Waals surface area (Å²) in [7, 11) is 0. The lowest BCUT2D eigenvalue weighted by Crippen LogP contribution is -2.32. The van der Waals surface area contributed by atoms with Gasteiger partial charge in [0.2, 0.25) is 5.95 Å². The van der Waals surface area contributed by atoms with Gasteiger partial charge in [-0.15, -0.1) is 11.3 Å². The van der Waals surface area contributed by atoms with Crippen LogP contribution in [-0.4, -0.2) is 57.8 Å². The van der Waals surface area contributed by atoms with Crippen molar-refractivity contribution < 1.29 is 9.59 Å². The van der Waals surface area contributed by atoms with E-state index >= 15 is 0 Å². The first kappa shape index (κ1) is 19.9. The van der Waals surface area contributed by atoms with Gasteiger partial charge in [-0.2, -0.15) is 0 Å². The predicted octanol–water partition coefficient (Wildman–Crippen LogP) is 2.81. The number of thiophene rings is 1. The van der Waals surface area contributed by atoms with Gasteiger partial charge in [-0.05, 0) is 37.3 Å². The Kier molecular flexibility index (Phi) is 5.27. The van der Waals surface area contributed by atoms with E-state index in [1.165, 1.54) is 17.8 Å². The molecule has 0 unspecified atom stereocenters. The summed E-state index contributed by atoms with van der Waals surface area (Å²) in [6, 6.07) is 3.83. The number of anilines is 1. The molecule has 0 saturated carbocycles. The van der Waals surface area contributed by atoms with Crippen molar-refractivity contribution in [2.45, 2.75) is 31.6 Å². The molecular weight excluding hydrogens is 412 g/mol. The number of amides is 2. The van der Waals surface area contributed by atoms with Crippen molar-refractivity contribution in [3.05, 3.63) is 46.7 Å². The summed E-state index contributed by atoms with van der Waals surface area (Å²) < 4.78 is 0. The van der Waals surface area contributed by atoms with Crippen molar-refractivity contribution >= 4 is 39.3 Å². The molecular formula is C22H24N6O2S. The number of aromatic nitrogens is 3. The first-order valence-electron chi connectivity index (χ1n) is 10.7. The Hall–Kier alpha value is -3.07. The summed E-state index contributed by atoms with van der Waals surface area (Å²) in [5, 5.41) is 0.954. The lowest BCUT2D eigenvalue weighted by atomic mass is 9.95. The van der Waals surface area contributed by atoms with Crippen LogP contribution in [0.2, 0.25) is 0 Å². The molecule has 3 aromatic heterocycles. The van der Waals surface area contributed by atoms with E-state index in [0.29, 0.717) is 29.5 Å². The van der Waals surface area contributed by atoms with Crippen molar-refractivity contribution in [2.75, 3.05) is 31.1 Å². The number of carbonyl (C=O) groups is 2. The zero-order chi connectivity index (χ0) is 21.4. The van der Waals surface area contributed by atoms with Crippen LogP contribution in [-0.2, 0) is 0 Å². The second-order valence-electron chi connectivity index (χ2n) is 8.12. The molecule has 2 amide bonds. The molecule has 2 fully saturated rings. The molecule has 8 nitrogen and oxygen atoms in total. The maximum absolute atomic E-state index is 13.1. The highest BCUT2D eigenvalue weighted by Gasteiger charge is 2.33. The minimum absolute atomic E-state index is 0.0536. The molecule has 5 rings (SSSR count). The molecule has 31 heavy (non-hydrogen) atoms. The number of carbonyl (C=O) groups excluding carboxylic acids is 2. The van der Waals surface area contributed by atoms with Crippen LogP contribution in [0, 0.1) is 0 Å². The SMILES string of the molecule is NC(=O)c1sc2ncccc2c1[C@H]1CCN(C(=O)c2cnc(N3CCCCC3)nc2)C1. The minimum atomic E-state index is -0.440. The lowest BCUT2D eigenvalue weighted by molar-refractivity contribution is 0.0790. The van der Waals surface area contributed by atoms with Gasteiger partial charge in [-0.3, -0.25) is 9.59 Å². The Bertz CT molecular complexity index is 1120. The Morgan fingerprint density at radius 2 is 1.84 bits per heavy atom. The van der Waals surface area contributed by atoms with Gasteiger partial charge in [0, 0.05) is 56.1 Å². The fourth-order valence-electron chi connectivity index (χ4n) is 4.59. The average molecular weight is 437 g/mol. The number of nitrogens with zero attached hydrogens (tertiary/aromatic N) is 5. The molecule has 0 radical (unpaired) electrons. The number of fused-ring (bicyclic) bond motifs is 1. The van der Waals surface area contributed by atoms with E-state index in [2.05, 4.69) is 19.9 Å². The predicted molar refractivity (Wildman–Crippen MR) is 119 cm³/mol. The monoisotopic (exact) mass is 436 g/mol. The number of hydrogen-bond acceptors (Lipinski definition) is 7. The van der Waals surface area contributed by atoms with E-state index in [1.54, 1.807) is 18.6 Å². The van der Waals surface area contributed by atoms with Gasteiger partial charge in [0.05, 0.1) is 10.4 Å². The van der Waals surface area contributed by atoms with Gasteiger partial charge in [0.25, 0.3) is 11.8 Å². The number of hydrogen-bond donors (Lipinski definition) is 1. The third kappa shape index (κ3) is 3.74. The average Bonchev–Trinajstić information content (AvgIpc) is 3.44. The van der Waals surface area contributed by atoms with Crippen LogP contribution in [0.3, 0.4) is 0 Å². The quantitative estimate of drug-likeness (QED) is 0.674. The zero-order valence-electron chi connectivity index (χ0n) is 17.2. The van der Waals surface area contributed by atoms with E-state index < -0.39 is 5.91 Å². The molecule has 5 heterocycles. The van der Waals surface area contributed by atoms with Crippen LogP contribution in [0.4, 0.5) is 5.95 Å². The molecule has 0 bridgehead atoms. The summed E-state index contributed by atoms with van der Waals surface area (Å²) in [4.78, 5) is 43.7. The number of likely N-dealkylation sites (tertiary alicyclic amines) is 1. The fourth-order valence-corrected chi connectivity index (χ4v) is 5.67. The van der Waals surface area contributed by atoms with Crippen molar-refractivity contribution in [1.82, 2.24) is 19.9 Å². The minimum Gasteiger partial charge on any atom is -0.365 e. The summed E-state index contributed by atoms with van der Waals surface area (Å²) in [5.74, 6) is 0.229. The van der Waals surface area contributed by atoms with Crippen molar-refractivity contribution in [3.63, 3.8) is 0 Å². The van der Waals surface area contributed by atoms with Gasteiger partial charge in [-0.1, -0.05) is 6.07 Å². The smallest absolute Gasteiger partial charge is 0.259 e. The first-order chi connectivity index (χ1) is 15.1. The van der Waals surface area contributed by atoms with Gasteiger partial charge < -0.3 is 15.5 Å². The normalized spacial score (nSPS) is 19.2. The third-order valence-corrected chi connectivity index (χ3v) is 7.28. The Labute approximate surface area is 184 Å². The molecule has 2 aliphatic heterocycles. The summed E-state index contributed by atoms with van der Waals surface area (Å²) >= 11 is 1.33. The van der Waals surface area contributed by atoms with Crippen molar-refractivity contribution in [2.24, 2.45) is 5.73 Å². The standard InChI is InChI=1S/C22H24N6O2S/c23-19(29)18-17(16-5-4-7-24-20(16)31-18)14-6-10-28(13-14)21(30)15-11-25-22(26-12-15)27-8-2-1-3-9-27/h4-5,7,11-12,14H,1-3,6,8-10,13H2,(H2,23,29)/t14-/m0/s1. The van der Waals surface area contributed by atoms with E-state index in [4.69, 9.17) is 5.73 Å². The molecule has 0 aliphatic carbocycles. The molecule has 2 aliphatic rings. The van der Waals surface area contributed by atoms with E-state index in [1.807, 2.05) is 17.0 Å². The molecule has 1 atom stereocenters. The van der Waals surface area contributed by atoms with E-state index in [9.17, 15) is 9.59 Å². The molecule has 9 heteroatoms. The van der Waals surface area contributed by atoms with Crippen molar-refractivity contribution in [1.29, 1.82) is 0 Å². The Morgan fingerprint density at radius 1 is 1.06 bits per heavy atom. The molecule has 0 spiro atoms. The van der Waals surface area contributed by atoms with Gasteiger partial charge >= 0.3 is 0 Å². The summed E-state index contributed by atoms with van der Waals surface area (Å²) in [6.07, 6.45) is 9.30. The summed E-state index contributed by atoms with van der Waals surface area (Å²) in [6.45, 7) is 3.08. The van der Waals surface area contributed by atoms with Crippen molar-refractivity contribution in [3.8, 4) is 0 Å². The Balaban J connectivity index is 1.34. The molecule has 3 aromatic rings. The molecule has 160 valence electrons. The molecule has 2 N–H and O–H groups in total. The first-order valence-corrected chi connectivity index (χ1v) is 11.5. The number of piperidine rings is 1. The highest BCUT2D eigenvalue weighted by molar-refractivity contribution is 7.20. The maximum Gasteiger partial charge on any atom is 0.259 e. The summed E-state index contributed by atoms with van der Waals surface area (Å²) in [5.41, 5.74) is 7.07. The highest BCUT2D eigenvalue weighted by atomic mass is 32.1. The fraction of sp³-hybridized carbons (Fsp3) is 0.409. The second-order valence-corrected chi connectivity index (χ2v) is 9.12. The third-order valence-electron chi connectivity index (χ3n) is 6.14. The topological polar surface area (TPSA) is 105 Å². The largest absolute Gasteiger partial charge is 0.365 e. The lowest BCUT2D eigenvalue weighted by Gasteiger charge is -2.26. The Morgan fingerprint density at radius 3 is 2.58 bits per heavy atom. The van der Waals surface area contributed by atoms with Crippen LogP contribution in [0.25, 0.3) is 10.2 Å². The van der Waals surface area contributed by atoms with E-state index in [0.717, 1.165) is 48.1 Å². The van der Waals surface area contributed by atoms with Gasteiger partial charge in [0.1, 0.15) is 4.83 Å². The van der Waals surface area contributed by atoms with Crippen LogP contribution >= 0.6 is 11.3 Å². The van der Waals surface area contributed by atoms with Crippen LogP contribution < -0.4 is 10.6 Å². The highest BCUT2D eigenvalue weighted by Crippen LogP contribution is 2.39. The van der Waals surface area contributed by atoms with Gasteiger partial charge in [-0.25, -0.2) is 15.0 Å². The number of nitrogens with two attached hydrogens (primary N) is 1. The van der Waals surface area contributed by atoms with E-state index in [-0.39, 0.29) is 11.8 Å². The maximum atomic E-state index is 13.1. The van der Waals surface area contributed by atoms with Crippen LogP contribution in [0.5, 0.6) is 0 Å². The zero-order valence-corrected chi connectivity index (χ0v) is 18.0. The van der Waals surface area contributed by atoms with Crippen LogP contribution in [0.1, 0.15) is 57.2 Å². The van der Waals surface area contributed by atoms with Crippen LogP contribution in [0.15, 0.2) is 30.7 Å². The van der Waals surface area contributed by atoms with Gasteiger partial charge in [0.15, 0.2) is 0 Å².